The molecular weight excluding hydrogens is 438 g/mol. The van der Waals surface area contributed by atoms with Gasteiger partial charge in [-0.2, -0.15) is 0 Å². The summed E-state index contributed by atoms with van der Waals surface area (Å²) in [7, 11) is 2.62. The molecule has 1 aromatic heterocycles. The molecule has 1 saturated heterocycles. The molecule has 1 aliphatic rings. The molecule has 3 rings (SSSR count). The van der Waals surface area contributed by atoms with E-state index < -0.39 is 28.1 Å². The lowest BCUT2D eigenvalue weighted by Crippen LogP contribution is -2.42. The molecule has 0 spiro atoms. The summed E-state index contributed by atoms with van der Waals surface area (Å²) >= 11 is 0.747. The summed E-state index contributed by atoms with van der Waals surface area (Å²) in [6.07, 6.45) is 1.59. The fourth-order valence-electron chi connectivity index (χ4n) is 3.50. The summed E-state index contributed by atoms with van der Waals surface area (Å²) in [4.78, 5) is 48.5. The van der Waals surface area contributed by atoms with Gasteiger partial charge in [0.2, 0.25) is 0 Å². The number of nitrogens with zero attached hydrogens (tertiary/aromatic N) is 3. The zero-order chi connectivity index (χ0) is 23.7. The summed E-state index contributed by atoms with van der Waals surface area (Å²) in [5.74, 6) is -0.938. The van der Waals surface area contributed by atoms with Crippen LogP contribution in [-0.4, -0.2) is 51.8 Å². The Labute approximate surface area is 187 Å². The molecule has 1 atom stereocenters. The van der Waals surface area contributed by atoms with Crippen molar-refractivity contribution in [1.82, 2.24) is 9.47 Å². The highest BCUT2D eigenvalue weighted by molar-refractivity contribution is 8.18. The van der Waals surface area contributed by atoms with Crippen LogP contribution in [0.1, 0.15) is 23.9 Å². The second-order valence-corrected chi connectivity index (χ2v) is 8.02. The quantitative estimate of drug-likeness (QED) is 0.278. The van der Waals surface area contributed by atoms with E-state index in [0.717, 1.165) is 28.0 Å². The van der Waals surface area contributed by atoms with Crippen LogP contribution in [0.15, 0.2) is 29.2 Å². The van der Waals surface area contributed by atoms with Crippen molar-refractivity contribution in [3.05, 3.63) is 56.2 Å². The van der Waals surface area contributed by atoms with Gasteiger partial charge in [-0.1, -0.05) is 0 Å². The van der Waals surface area contributed by atoms with Crippen molar-refractivity contribution in [1.29, 1.82) is 0 Å². The highest BCUT2D eigenvalue weighted by Crippen LogP contribution is 2.36. The van der Waals surface area contributed by atoms with Crippen molar-refractivity contribution >= 4 is 40.6 Å². The molecule has 11 heteroatoms. The molecule has 1 aliphatic heterocycles. The SMILES string of the molecule is COC(=O)[C@@H](C)N1C(=O)S/C(=C/c2cc(C)n(-c3ccc([N+](=O)[O-])cc3OC)c2C)C1=O. The number of carbonyl (C=O) groups is 3. The Kier molecular flexibility index (Phi) is 6.40. The summed E-state index contributed by atoms with van der Waals surface area (Å²) in [6, 6.07) is 5.11. The van der Waals surface area contributed by atoms with Crippen LogP contribution in [0.2, 0.25) is 0 Å². The van der Waals surface area contributed by atoms with Gasteiger partial charge in [0, 0.05) is 17.5 Å². The first-order valence-corrected chi connectivity index (χ1v) is 10.3. The van der Waals surface area contributed by atoms with Crippen LogP contribution in [0.25, 0.3) is 11.8 Å². The van der Waals surface area contributed by atoms with Crippen molar-refractivity contribution in [3.8, 4) is 11.4 Å². The minimum atomic E-state index is -1.03. The maximum absolute atomic E-state index is 12.8. The van der Waals surface area contributed by atoms with Crippen LogP contribution in [0.4, 0.5) is 10.5 Å². The molecule has 0 bridgehead atoms. The predicted molar refractivity (Wildman–Crippen MR) is 118 cm³/mol. The van der Waals surface area contributed by atoms with Crippen LogP contribution in [0.5, 0.6) is 5.75 Å². The van der Waals surface area contributed by atoms with E-state index in [1.54, 1.807) is 12.1 Å². The number of ether oxygens (including phenoxy) is 2. The lowest BCUT2D eigenvalue weighted by atomic mass is 10.2. The number of benzene rings is 1. The Morgan fingerprint density at radius 2 is 1.91 bits per heavy atom. The molecule has 1 aromatic carbocycles. The Morgan fingerprint density at radius 1 is 1.22 bits per heavy atom. The van der Waals surface area contributed by atoms with Crippen molar-refractivity contribution in [2.45, 2.75) is 26.8 Å². The number of aromatic nitrogens is 1. The fraction of sp³-hybridized carbons (Fsp3) is 0.286. The van der Waals surface area contributed by atoms with E-state index in [0.29, 0.717) is 17.0 Å². The topological polar surface area (TPSA) is 121 Å². The minimum Gasteiger partial charge on any atom is -0.494 e. The van der Waals surface area contributed by atoms with Gasteiger partial charge >= 0.3 is 5.97 Å². The first-order valence-electron chi connectivity index (χ1n) is 9.47. The fourth-order valence-corrected chi connectivity index (χ4v) is 4.40. The van der Waals surface area contributed by atoms with Gasteiger partial charge in [0.05, 0.1) is 35.8 Å². The van der Waals surface area contributed by atoms with Crippen LogP contribution < -0.4 is 4.74 Å². The van der Waals surface area contributed by atoms with E-state index in [2.05, 4.69) is 4.74 Å². The molecule has 10 nitrogen and oxygen atoms in total. The van der Waals surface area contributed by atoms with Gasteiger partial charge in [-0.25, -0.2) is 4.79 Å². The number of non-ortho nitro benzene ring substituents is 1. The maximum atomic E-state index is 12.8. The Hall–Kier alpha value is -3.60. The van der Waals surface area contributed by atoms with Crippen molar-refractivity contribution in [2.75, 3.05) is 14.2 Å². The summed E-state index contributed by atoms with van der Waals surface area (Å²) in [5, 5.41) is 10.5. The van der Waals surface area contributed by atoms with E-state index in [-0.39, 0.29) is 10.6 Å². The number of hydrogen-bond donors (Lipinski definition) is 0. The zero-order valence-electron chi connectivity index (χ0n) is 18.1. The number of thioether (sulfide) groups is 1. The number of imide groups is 1. The molecule has 0 radical (unpaired) electrons. The number of carbonyl (C=O) groups excluding carboxylic acids is 3. The molecule has 0 unspecified atom stereocenters. The van der Waals surface area contributed by atoms with Gasteiger partial charge in [-0.3, -0.25) is 24.6 Å². The van der Waals surface area contributed by atoms with E-state index in [9.17, 15) is 24.5 Å². The molecule has 0 N–H and O–H groups in total. The van der Waals surface area contributed by atoms with Gasteiger partial charge in [-0.05, 0) is 56.3 Å². The molecule has 2 aromatic rings. The number of aryl methyl sites for hydroxylation is 1. The number of hydrogen-bond acceptors (Lipinski definition) is 8. The average Bonchev–Trinajstić information content (AvgIpc) is 3.20. The maximum Gasteiger partial charge on any atom is 0.328 e. The first kappa shape index (κ1) is 23.1. The van der Waals surface area contributed by atoms with Gasteiger partial charge in [0.1, 0.15) is 11.8 Å². The third-order valence-corrected chi connectivity index (χ3v) is 6.01. The average molecular weight is 459 g/mol. The lowest BCUT2D eigenvalue weighted by Gasteiger charge is -2.18. The normalized spacial score (nSPS) is 15.9. The van der Waals surface area contributed by atoms with Crippen molar-refractivity contribution in [2.24, 2.45) is 0 Å². The molecular formula is C21H21N3O7S. The van der Waals surface area contributed by atoms with E-state index in [4.69, 9.17) is 4.74 Å². The van der Waals surface area contributed by atoms with Crippen LogP contribution >= 0.6 is 11.8 Å². The highest BCUT2D eigenvalue weighted by atomic mass is 32.2. The molecule has 32 heavy (non-hydrogen) atoms. The van der Waals surface area contributed by atoms with E-state index >= 15 is 0 Å². The largest absolute Gasteiger partial charge is 0.494 e. The van der Waals surface area contributed by atoms with E-state index in [1.165, 1.54) is 33.3 Å². The summed E-state index contributed by atoms with van der Waals surface area (Å²) < 4.78 is 11.8. The van der Waals surface area contributed by atoms with Crippen LogP contribution in [-0.2, 0) is 14.3 Å². The third kappa shape index (κ3) is 3.98. The number of esters is 1. The third-order valence-electron chi connectivity index (χ3n) is 5.13. The van der Waals surface area contributed by atoms with Gasteiger partial charge in [0.15, 0.2) is 0 Å². The molecule has 1 fully saturated rings. The molecule has 168 valence electrons. The summed E-state index contributed by atoms with van der Waals surface area (Å²) in [5.41, 5.74) is 2.71. The number of rotatable bonds is 6. The van der Waals surface area contributed by atoms with Crippen LogP contribution in [0, 0.1) is 24.0 Å². The first-order chi connectivity index (χ1) is 15.1. The van der Waals surface area contributed by atoms with Crippen molar-refractivity contribution < 1.29 is 28.8 Å². The van der Waals surface area contributed by atoms with Gasteiger partial charge < -0.3 is 14.0 Å². The molecule has 2 heterocycles. The second kappa shape index (κ2) is 8.87. The minimum absolute atomic E-state index is 0.0957. The zero-order valence-corrected chi connectivity index (χ0v) is 18.9. The van der Waals surface area contributed by atoms with Crippen molar-refractivity contribution in [3.63, 3.8) is 0 Å². The standard InChI is InChI=1S/C21H21N3O7S/c1-11-8-14(9-18-19(25)23(21(27)32-18)13(3)20(26)31-5)12(2)22(11)16-7-6-15(24(28)29)10-17(16)30-4/h6-10,13H,1-5H3/b18-9+/t13-/m1/s1. The Morgan fingerprint density at radius 3 is 2.50 bits per heavy atom. The number of amides is 2. The van der Waals surface area contributed by atoms with E-state index in [1.807, 2.05) is 24.5 Å². The number of methoxy groups -OCH3 is 2. The number of nitro benzene ring substituents is 1. The lowest BCUT2D eigenvalue weighted by molar-refractivity contribution is -0.384. The molecule has 2 amide bonds. The summed E-state index contributed by atoms with van der Waals surface area (Å²) in [6.45, 7) is 5.09. The Bertz CT molecular complexity index is 1170. The molecule has 0 saturated carbocycles. The second-order valence-electron chi connectivity index (χ2n) is 7.03. The van der Waals surface area contributed by atoms with Crippen LogP contribution in [0.3, 0.4) is 0 Å². The van der Waals surface area contributed by atoms with Gasteiger partial charge in [-0.15, -0.1) is 0 Å². The monoisotopic (exact) mass is 459 g/mol. The smallest absolute Gasteiger partial charge is 0.328 e. The van der Waals surface area contributed by atoms with Gasteiger partial charge in [0.25, 0.3) is 16.8 Å². The Balaban J connectivity index is 2.01. The molecule has 0 aliphatic carbocycles. The number of nitro groups is 1. The highest BCUT2D eigenvalue weighted by Gasteiger charge is 2.41. The predicted octanol–water partition coefficient (Wildman–Crippen LogP) is 3.61.